The maximum atomic E-state index is 12.6. The number of benzene rings is 2. The van der Waals surface area contributed by atoms with E-state index in [0.717, 1.165) is 23.0 Å². The Balaban J connectivity index is 2.11. The van der Waals surface area contributed by atoms with Crippen LogP contribution in [0.1, 0.15) is 5.56 Å². The molecule has 0 atom stereocenters. The summed E-state index contributed by atoms with van der Waals surface area (Å²) in [5, 5.41) is 5.02. The third kappa shape index (κ3) is 2.33. The normalized spacial score (nSPS) is 12.0. The maximum absolute atomic E-state index is 12.6. The SMILES string of the molecule is Cn1ncc2cc(N)c(-c3ccc(C(F)(F)F)cc3)cc21. The van der Waals surface area contributed by atoms with E-state index in [1.165, 1.54) is 12.1 Å². The first-order valence-electron chi connectivity index (χ1n) is 6.25. The zero-order valence-corrected chi connectivity index (χ0v) is 11.1. The van der Waals surface area contributed by atoms with E-state index in [9.17, 15) is 13.2 Å². The van der Waals surface area contributed by atoms with Crippen LogP contribution >= 0.6 is 0 Å². The van der Waals surface area contributed by atoms with Gasteiger partial charge in [-0.05, 0) is 29.8 Å². The highest BCUT2D eigenvalue weighted by Crippen LogP contribution is 2.34. The molecule has 6 heteroatoms. The summed E-state index contributed by atoms with van der Waals surface area (Å²) < 4.78 is 39.5. The van der Waals surface area contributed by atoms with Crippen LogP contribution in [-0.2, 0) is 13.2 Å². The predicted molar refractivity (Wildman–Crippen MR) is 75.6 cm³/mol. The summed E-state index contributed by atoms with van der Waals surface area (Å²) in [5.41, 5.74) is 8.04. The van der Waals surface area contributed by atoms with E-state index in [1.807, 2.05) is 6.07 Å². The van der Waals surface area contributed by atoms with E-state index in [4.69, 9.17) is 5.73 Å². The number of hydrogen-bond donors (Lipinski definition) is 1. The van der Waals surface area contributed by atoms with Gasteiger partial charge in [0.25, 0.3) is 0 Å². The zero-order valence-electron chi connectivity index (χ0n) is 11.1. The number of nitrogen functional groups attached to an aromatic ring is 1. The van der Waals surface area contributed by atoms with Gasteiger partial charge in [-0.15, -0.1) is 0 Å². The van der Waals surface area contributed by atoms with Crippen LogP contribution in [0.25, 0.3) is 22.0 Å². The zero-order chi connectivity index (χ0) is 15.2. The van der Waals surface area contributed by atoms with Crippen molar-refractivity contribution in [2.75, 3.05) is 5.73 Å². The van der Waals surface area contributed by atoms with E-state index in [0.29, 0.717) is 16.8 Å². The molecule has 21 heavy (non-hydrogen) atoms. The molecule has 0 aliphatic heterocycles. The largest absolute Gasteiger partial charge is 0.416 e. The highest BCUT2D eigenvalue weighted by atomic mass is 19.4. The van der Waals surface area contributed by atoms with Crippen molar-refractivity contribution in [3.63, 3.8) is 0 Å². The number of nitrogens with two attached hydrogens (primary N) is 1. The van der Waals surface area contributed by atoms with Crippen molar-refractivity contribution in [3.05, 3.63) is 48.2 Å². The second-order valence-electron chi connectivity index (χ2n) is 4.84. The number of anilines is 1. The average molecular weight is 291 g/mol. The molecule has 0 aliphatic rings. The third-order valence-electron chi connectivity index (χ3n) is 3.44. The summed E-state index contributed by atoms with van der Waals surface area (Å²) in [6.45, 7) is 0. The van der Waals surface area contributed by atoms with Crippen molar-refractivity contribution in [3.8, 4) is 11.1 Å². The minimum absolute atomic E-state index is 0.509. The van der Waals surface area contributed by atoms with E-state index in [2.05, 4.69) is 5.10 Å². The number of rotatable bonds is 1. The molecule has 1 aromatic heterocycles. The van der Waals surface area contributed by atoms with Crippen LogP contribution in [0.2, 0.25) is 0 Å². The second kappa shape index (κ2) is 4.51. The molecular weight excluding hydrogens is 279 g/mol. The van der Waals surface area contributed by atoms with Crippen LogP contribution < -0.4 is 5.73 Å². The summed E-state index contributed by atoms with van der Waals surface area (Å²) >= 11 is 0. The van der Waals surface area contributed by atoms with Gasteiger partial charge in [-0.1, -0.05) is 12.1 Å². The van der Waals surface area contributed by atoms with Crippen molar-refractivity contribution >= 4 is 16.6 Å². The van der Waals surface area contributed by atoms with Gasteiger partial charge < -0.3 is 5.73 Å². The van der Waals surface area contributed by atoms with Gasteiger partial charge in [-0.25, -0.2) is 0 Å². The fourth-order valence-electron chi connectivity index (χ4n) is 2.31. The molecule has 0 radical (unpaired) electrons. The summed E-state index contributed by atoms with van der Waals surface area (Å²) in [7, 11) is 1.80. The van der Waals surface area contributed by atoms with Gasteiger partial charge >= 0.3 is 6.18 Å². The smallest absolute Gasteiger partial charge is 0.398 e. The standard InChI is InChI=1S/C15H12F3N3/c1-21-14-7-12(13(19)6-10(14)8-20-21)9-2-4-11(5-3-9)15(16,17)18/h2-8H,19H2,1H3. The van der Waals surface area contributed by atoms with E-state index in [-0.39, 0.29) is 0 Å². The molecule has 0 amide bonds. The predicted octanol–water partition coefficient (Wildman–Crippen LogP) is 3.84. The van der Waals surface area contributed by atoms with Crippen molar-refractivity contribution in [2.45, 2.75) is 6.18 Å². The van der Waals surface area contributed by atoms with Crippen LogP contribution in [0.15, 0.2) is 42.6 Å². The first kappa shape index (κ1) is 13.5. The highest BCUT2D eigenvalue weighted by Gasteiger charge is 2.30. The first-order chi connectivity index (χ1) is 9.86. The fourth-order valence-corrected chi connectivity index (χ4v) is 2.31. The average Bonchev–Trinajstić information content (AvgIpc) is 2.78. The van der Waals surface area contributed by atoms with Gasteiger partial charge in [0.1, 0.15) is 0 Å². The lowest BCUT2D eigenvalue weighted by molar-refractivity contribution is -0.137. The molecular formula is C15H12F3N3. The first-order valence-corrected chi connectivity index (χ1v) is 6.25. The molecule has 0 aliphatic carbocycles. The minimum atomic E-state index is -4.34. The lowest BCUT2D eigenvalue weighted by Crippen LogP contribution is -2.04. The summed E-state index contributed by atoms with van der Waals surface area (Å²) in [4.78, 5) is 0. The molecule has 2 N–H and O–H groups in total. The molecule has 3 rings (SSSR count). The van der Waals surface area contributed by atoms with Crippen LogP contribution in [0.5, 0.6) is 0 Å². The second-order valence-corrected chi connectivity index (χ2v) is 4.84. The van der Waals surface area contributed by atoms with Gasteiger partial charge in [-0.2, -0.15) is 18.3 Å². The van der Waals surface area contributed by atoms with E-state index >= 15 is 0 Å². The quantitative estimate of drug-likeness (QED) is 0.692. The van der Waals surface area contributed by atoms with Gasteiger partial charge in [0.15, 0.2) is 0 Å². The Kier molecular flexibility index (Phi) is 2.90. The van der Waals surface area contributed by atoms with Crippen LogP contribution in [0.4, 0.5) is 18.9 Å². The Morgan fingerprint density at radius 3 is 2.38 bits per heavy atom. The third-order valence-corrected chi connectivity index (χ3v) is 3.44. The molecule has 3 nitrogen and oxygen atoms in total. The molecule has 0 bridgehead atoms. The van der Waals surface area contributed by atoms with Gasteiger partial charge in [0.2, 0.25) is 0 Å². The number of fused-ring (bicyclic) bond motifs is 1. The molecule has 0 fully saturated rings. The number of alkyl halides is 3. The van der Waals surface area contributed by atoms with Gasteiger partial charge in [0.05, 0.1) is 17.3 Å². The monoisotopic (exact) mass is 291 g/mol. The van der Waals surface area contributed by atoms with E-state index < -0.39 is 11.7 Å². The molecule has 0 spiro atoms. The van der Waals surface area contributed by atoms with E-state index in [1.54, 1.807) is 24.0 Å². The van der Waals surface area contributed by atoms with Crippen LogP contribution in [0.3, 0.4) is 0 Å². The Labute approximate surface area is 118 Å². The molecule has 0 saturated heterocycles. The maximum Gasteiger partial charge on any atom is 0.416 e. The van der Waals surface area contributed by atoms with Crippen molar-refractivity contribution in [2.24, 2.45) is 7.05 Å². The van der Waals surface area contributed by atoms with Gasteiger partial charge in [0, 0.05) is 23.7 Å². The summed E-state index contributed by atoms with van der Waals surface area (Å²) in [6, 6.07) is 8.58. The Morgan fingerprint density at radius 2 is 1.76 bits per heavy atom. The highest BCUT2D eigenvalue weighted by molar-refractivity contribution is 5.91. The summed E-state index contributed by atoms with van der Waals surface area (Å²) in [6.07, 6.45) is -2.64. The van der Waals surface area contributed by atoms with Crippen molar-refractivity contribution in [1.29, 1.82) is 0 Å². The molecule has 108 valence electrons. The Hall–Kier alpha value is -2.50. The number of nitrogens with zero attached hydrogens (tertiary/aromatic N) is 2. The lowest BCUT2D eigenvalue weighted by atomic mass is 10.0. The number of aromatic nitrogens is 2. The molecule has 0 unspecified atom stereocenters. The number of hydrogen-bond acceptors (Lipinski definition) is 2. The lowest BCUT2D eigenvalue weighted by Gasteiger charge is -2.10. The molecule has 0 saturated carbocycles. The number of aryl methyl sites for hydroxylation is 1. The van der Waals surface area contributed by atoms with Crippen molar-refractivity contribution < 1.29 is 13.2 Å². The minimum Gasteiger partial charge on any atom is -0.398 e. The Morgan fingerprint density at radius 1 is 1.10 bits per heavy atom. The summed E-state index contributed by atoms with van der Waals surface area (Å²) in [5.74, 6) is 0. The number of halogens is 3. The topological polar surface area (TPSA) is 43.8 Å². The van der Waals surface area contributed by atoms with Crippen LogP contribution in [0, 0.1) is 0 Å². The van der Waals surface area contributed by atoms with Crippen molar-refractivity contribution in [1.82, 2.24) is 9.78 Å². The molecule has 1 heterocycles. The van der Waals surface area contributed by atoms with Crippen LogP contribution in [-0.4, -0.2) is 9.78 Å². The van der Waals surface area contributed by atoms with Gasteiger partial charge in [-0.3, -0.25) is 4.68 Å². The fraction of sp³-hybridized carbons (Fsp3) is 0.133. The molecule has 3 aromatic rings. The Bertz CT molecular complexity index is 801. The molecule has 2 aromatic carbocycles.